The number of ether oxygens (including phenoxy) is 1. The Morgan fingerprint density at radius 3 is 3.10 bits per heavy atom. The molecule has 0 aliphatic rings. The first-order valence-corrected chi connectivity index (χ1v) is 7.26. The van der Waals surface area contributed by atoms with E-state index in [1.807, 2.05) is 29.0 Å². The summed E-state index contributed by atoms with van der Waals surface area (Å²) in [6, 6.07) is 4.12. The number of nitrogens with zero attached hydrogens (tertiary/aromatic N) is 2. The first-order chi connectivity index (χ1) is 10.1. The van der Waals surface area contributed by atoms with Gasteiger partial charge < -0.3 is 15.0 Å². The largest absolute Gasteiger partial charge is 0.458 e. The number of esters is 1. The zero-order valence-corrected chi connectivity index (χ0v) is 12.5. The van der Waals surface area contributed by atoms with Gasteiger partial charge in [0.2, 0.25) is 0 Å². The van der Waals surface area contributed by atoms with Crippen LogP contribution in [0.4, 0.5) is 0 Å². The molecule has 0 saturated carbocycles. The Morgan fingerprint density at radius 1 is 1.52 bits per heavy atom. The second-order valence-electron chi connectivity index (χ2n) is 4.46. The highest BCUT2D eigenvalue weighted by atomic mass is 32.1. The van der Waals surface area contributed by atoms with E-state index in [9.17, 15) is 4.79 Å². The number of imidazole rings is 1. The summed E-state index contributed by atoms with van der Waals surface area (Å²) in [5.74, 6) is -0.424. The van der Waals surface area contributed by atoms with E-state index < -0.39 is 5.97 Å². The molecule has 6 heteroatoms. The van der Waals surface area contributed by atoms with Gasteiger partial charge in [-0.1, -0.05) is 0 Å². The van der Waals surface area contributed by atoms with Gasteiger partial charge in [0.1, 0.15) is 6.61 Å². The molecule has 0 atom stereocenters. The van der Waals surface area contributed by atoms with Gasteiger partial charge in [-0.05, 0) is 31.2 Å². The molecule has 2 aromatic rings. The number of carbonyl (C=O) groups is 1. The van der Waals surface area contributed by atoms with E-state index >= 15 is 0 Å². The molecule has 2 aromatic heterocycles. The van der Waals surface area contributed by atoms with Gasteiger partial charge in [0.05, 0.1) is 12.9 Å². The van der Waals surface area contributed by atoms with E-state index in [0.717, 1.165) is 11.4 Å². The van der Waals surface area contributed by atoms with Crippen molar-refractivity contribution in [3.8, 4) is 0 Å². The number of hydrogen-bond donors (Lipinski definition) is 1. The maximum Gasteiger partial charge on any atom is 0.332 e. The van der Waals surface area contributed by atoms with Gasteiger partial charge in [-0.25, -0.2) is 9.78 Å². The highest BCUT2D eigenvalue weighted by Gasteiger charge is 1.99. The van der Waals surface area contributed by atoms with Gasteiger partial charge in [0, 0.05) is 33.9 Å². The van der Waals surface area contributed by atoms with Crippen molar-refractivity contribution in [2.45, 2.75) is 13.5 Å². The van der Waals surface area contributed by atoms with Crippen molar-refractivity contribution in [1.29, 1.82) is 0 Å². The standard InChI is InChI=1S/C15H17N3O2S/c1-12(16)9-15(19)20-8-2-3-13-4-5-14(21-13)10-18-7-6-17-11-18/h2-7,9,11H,8,10,16H2,1H3/b3-2+,12-9-. The Hall–Kier alpha value is -2.34. The summed E-state index contributed by atoms with van der Waals surface area (Å²) < 4.78 is 6.99. The van der Waals surface area contributed by atoms with Crippen LogP contribution in [0.2, 0.25) is 0 Å². The van der Waals surface area contributed by atoms with Crippen LogP contribution in [-0.4, -0.2) is 22.1 Å². The molecule has 0 aliphatic heterocycles. The summed E-state index contributed by atoms with van der Waals surface area (Å²) in [5.41, 5.74) is 5.82. The summed E-state index contributed by atoms with van der Waals surface area (Å²) in [6.45, 7) is 2.69. The number of nitrogens with two attached hydrogens (primary N) is 1. The maximum atomic E-state index is 11.2. The molecule has 2 heterocycles. The fourth-order valence-corrected chi connectivity index (χ4v) is 2.60. The average Bonchev–Trinajstić information content (AvgIpc) is 3.06. The predicted octanol–water partition coefficient (Wildman–Crippen LogP) is 2.41. The smallest absolute Gasteiger partial charge is 0.332 e. The molecule has 2 N–H and O–H groups in total. The average molecular weight is 303 g/mol. The zero-order chi connectivity index (χ0) is 15.1. The lowest BCUT2D eigenvalue weighted by molar-refractivity contribution is -0.136. The molecule has 0 aliphatic carbocycles. The van der Waals surface area contributed by atoms with Crippen LogP contribution in [0.5, 0.6) is 0 Å². The summed E-state index contributed by atoms with van der Waals surface area (Å²) in [7, 11) is 0. The summed E-state index contributed by atoms with van der Waals surface area (Å²) in [5, 5.41) is 0. The van der Waals surface area contributed by atoms with Crippen molar-refractivity contribution in [2.24, 2.45) is 5.73 Å². The molecule has 2 rings (SSSR count). The maximum absolute atomic E-state index is 11.2. The summed E-state index contributed by atoms with van der Waals surface area (Å²) in [4.78, 5) is 17.6. The molecule has 5 nitrogen and oxygen atoms in total. The van der Waals surface area contributed by atoms with E-state index in [0.29, 0.717) is 5.70 Å². The van der Waals surface area contributed by atoms with E-state index in [1.54, 1.807) is 30.8 Å². The fraction of sp³-hybridized carbons (Fsp3) is 0.200. The van der Waals surface area contributed by atoms with Crippen LogP contribution in [-0.2, 0) is 16.1 Å². The van der Waals surface area contributed by atoms with E-state index in [1.165, 1.54) is 11.0 Å². The van der Waals surface area contributed by atoms with Crippen LogP contribution < -0.4 is 5.73 Å². The number of carbonyl (C=O) groups excluding carboxylic acids is 1. The molecule has 0 fully saturated rings. The molecule has 110 valence electrons. The Labute approximate surface area is 127 Å². The molecule has 0 bridgehead atoms. The Bertz CT molecular complexity index is 638. The number of hydrogen-bond acceptors (Lipinski definition) is 5. The summed E-state index contributed by atoms with van der Waals surface area (Å²) in [6.07, 6.45) is 10.5. The van der Waals surface area contributed by atoms with Crippen LogP contribution in [0.25, 0.3) is 6.08 Å². The van der Waals surface area contributed by atoms with E-state index in [2.05, 4.69) is 11.1 Å². The van der Waals surface area contributed by atoms with Crippen LogP contribution in [0, 0.1) is 0 Å². The topological polar surface area (TPSA) is 70.1 Å². The first-order valence-electron chi connectivity index (χ1n) is 6.45. The minimum absolute atomic E-state index is 0.233. The molecule has 0 amide bonds. The minimum Gasteiger partial charge on any atom is -0.458 e. The van der Waals surface area contributed by atoms with E-state index in [4.69, 9.17) is 10.5 Å². The lowest BCUT2D eigenvalue weighted by Gasteiger charge is -1.97. The van der Waals surface area contributed by atoms with Crippen molar-refractivity contribution in [1.82, 2.24) is 9.55 Å². The molecule has 0 aromatic carbocycles. The first kappa shape index (κ1) is 15.1. The monoisotopic (exact) mass is 303 g/mol. The normalized spacial score (nSPS) is 12.0. The van der Waals surface area contributed by atoms with Crippen LogP contribution >= 0.6 is 11.3 Å². The third-order valence-corrected chi connectivity index (χ3v) is 3.56. The second kappa shape index (κ2) is 7.44. The number of allylic oxidation sites excluding steroid dienone is 1. The Morgan fingerprint density at radius 2 is 2.38 bits per heavy atom. The molecule has 21 heavy (non-hydrogen) atoms. The second-order valence-corrected chi connectivity index (χ2v) is 5.66. The Balaban J connectivity index is 1.81. The van der Waals surface area contributed by atoms with Crippen molar-refractivity contribution < 1.29 is 9.53 Å². The van der Waals surface area contributed by atoms with Gasteiger partial charge in [-0.3, -0.25) is 0 Å². The Kier molecular flexibility index (Phi) is 5.34. The lowest BCUT2D eigenvalue weighted by Crippen LogP contribution is -2.03. The van der Waals surface area contributed by atoms with Crippen LogP contribution in [0.1, 0.15) is 16.7 Å². The quantitative estimate of drug-likeness (QED) is 0.657. The highest BCUT2D eigenvalue weighted by Crippen LogP contribution is 2.18. The van der Waals surface area contributed by atoms with Crippen molar-refractivity contribution in [3.05, 3.63) is 58.5 Å². The molecular weight excluding hydrogens is 286 g/mol. The molecule has 0 unspecified atom stereocenters. The number of rotatable bonds is 6. The third kappa shape index (κ3) is 5.27. The van der Waals surface area contributed by atoms with E-state index in [-0.39, 0.29) is 6.61 Å². The zero-order valence-electron chi connectivity index (χ0n) is 11.7. The molecule has 0 saturated heterocycles. The van der Waals surface area contributed by atoms with Gasteiger partial charge in [0.15, 0.2) is 0 Å². The fourth-order valence-electron chi connectivity index (χ4n) is 1.65. The van der Waals surface area contributed by atoms with Gasteiger partial charge in [-0.15, -0.1) is 11.3 Å². The van der Waals surface area contributed by atoms with Gasteiger partial charge in [-0.2, -0.15) is 0 Å². The highest BCUT2D eigenvalue weighted by molar-refractivity contribution is 7.12. The van der Waals surface area contributed by atoms with Crippen LogP contribution in [0.15, 0.2) is 48.7 Å². The van der Waals surface area contributed by atoms with Crippen LogP contribution in [0.3, 0.4) is 0 Å². The lowest BCUT2D eigenvalue weighted by atomic mass is 10.4. The predicted molar refractivity (Wildman–Crippen MR) is 83.6 cm³/mol. The molecule has 0 spiro atoms. The molecule has 0 radical (unpaired) electrons. The minimum atomic E-state index is -0.424. The molecular formula is C15H17N3O2S. The van der Waals surface area contributed by atoms with Gasteiger partial charge >= 0.3 is 5.97 Å². The third-order valence-electron chi connectivity index (χ3n) is 2.53. The summed E-state index contributed by atoms with van der Waals surface area (Å²) >= 11 is 1.69. The van der Waals surface area contributed by atoms with Crippen molar-refractivity contribution in [3.63, 3.8) is 0 Å². The number of aromatic nitrogens is 2. The van der Waals surface area contributed by atoms with Crippen molar-refractivity contribution >= 4 is 23.4 Å². The SMILES string of the molecule is C/C(N)=C/C(=O)OC/C=C/c1ccc(Cn2ccnc2)s1. The van der Waals surface area contributed by atoms with Crippen molar-refractivity contribution in [2.75, 3.05) is 6.61 Å². The van der Waals surface area contributed by atoms with Gasteiger partial charge in [0.25, 0.3) is 0 Å². The number of thiophene rings is 1.